The average molecular weight is 442 g/mol. The first kappa shape index (κ1) is 22.0. The third-order valence-electron chi connectivity index (χ3n) is 6.85. The lowest BCUT2D eigenvalue weighted by molar-refractivity contribution is -0.139. The molecule has 0 aromatic heterocycles. The number of esters is 1. The molecule has 1 saturated carbocycles. The molecule has 2 aromatic carbocycles. The van der Waals surface area contributed by atoms with Gasteiger partial charge in [0.15, 0.2) is 0 Å². The number of carbonyl (C=O) groups excluding carboxylic acids is 1. The standard InChI is InChI=1S/C25H31NO4S/c1-18-10-12-23(13-11-18)31(28,29)26-17-22(16-21-7-3-4-9-24(21)26)20-8-5-6-19(14-20)15-25(27)30-2/h5-6,8,10-14,21-22,24H,3-4,7,9,15-17H2,1-2H3. The van der Waals surface area contributed by atoms with Crippen LogP contribution in [0.25, 0.3) is 0 Å². The van der Waals surface area contributed by atoms with Crippen LogP contribution in [0.15, 0.2) is 53.4 Å². The molecular weight excluding hydrogens is 410 g/mol. The van der Waals surface area contributed by atoms with Crippen molar-refractivity contribution in [2.45, 2.75) is 62.3 Å². The van der Waals surface area contributed by atoms with Crippen molar-refractivity contribution in [3.8, 4) is 0 Å². The molecule has 0 N–H and O–H groups in total. The normalized spacial score (nSPS) is 24.4. The Morgan fingerprint density at radius 3 is 2.58 bits per heavy atom. The largest absolute Gasteiger partial charge is 0.469 e. The van der Waals surface area contributed by atoms with Crippen LogP contribution in [0.4, 0.5) is 0 Å². The van der Waals surface area contributed by atoms with Gasteiger partial charge in [0.05, 0.1) is 18.4 Å². The van der Waals surface area contributed by atoms with Crippen molar-refractivity contribution >= 4 is 16.0 Å². The van der Waals surface area contributed by atoms with E-state index in [4.69, 9.17) is 4.74 Å². The Kier molecular flexibility index (Phi) is 6.49. The van der Waals surface area contributed by atoms with Crippen LogP contribution in [-0.4, -0.2) is 38.4 Å². The van der Waals surface area contributed by atoms with Gasteiger partial charge < -0.3 is 4.74 Å². The Labute approximate surface area is 185 Å². The lowest BCUT2D eigenvalue weighted by Gasteiger charge is -2.46. The molecular formula is C25H31NO4S. The maximum absolute atomic E-state index is 13.6. The number of methoxy groups -OCH3 is 1. The van der Waals surface area contributed by atoms with Crippen LogP contribution < -0.4 is 0 Å². The van der Waals surface area contributed by atoms with Gasteiger partial charge in [0.2, 0.25) is 10.0 Å². The number of aryl methyl sites for hydroxylation is 1. The monoisotopic (exact) mass is 441 g/mol. The van der Waals surface area contributed by atoms with E-state index in [2.05, 4.69) is 6.07 Å². The van der Waals surface area contributed by atoms with Gasteiger partial charge >= 0.3 is 5.97 Å². The Hall–Kier alpha value is -2.18. The van der Waals surface area contributed by atoms with Gasteiger partial charge in [-0.05, 0) is 61.3 Å². The third-order valence-corrected chi connectivity index (χ3v) is 8.76. The molecule has 4 rings (SSSR count). The summed E-state index contributed by atoms with van der Waals surface area (Å²) >= 11 is 0. The summed E-state index contributed by atoms with van der Waals surface area (Å²) in [5.74, 6) is 0.228. The third kappa shape index (κ3) is 4.70. The molecule has 2 aliphatic rings. The van der Waals surface area contributed by atoms with Gasteiger partial charge in [0.25, 0.3) is 0 Å². The molecule has 2 fully saturated rings. The number of hydrogen-bond donors (Lipinski definition) is 0. The van der Waals surface area contributed by atoms with E-state index in [0.717, 1.165) is 48.8 Å². The van der Waals surface area contributed by atoms with E-state index < -0.39 is 10.0 Å². The summed E-state index contributed by atoms with van der Waals surface area (Å²) < 4.78 is 33.9. The first-order chi connectivity index (χ1) is 14.9. The number of hydrogen-bond acceptors (Lipinski definition) is 4. The van der Waals surface area contributed by atoms with E-state index in [0.29, 0.717) is 17.4 Å². The minimum absolute atomic E-state index is 0.0783. The molecule has 31 heavy (non-hydrogen) atoms. The second-order valence-electron chi connectivity index (χ2n) is 8.93. The van der Waals surface area contributed by atoms with E-state index in [1.165, 1.54) is 7.11 Å². The van der Waals surface area contributed by atoms with Gasteiger partial charge in [-0.15, -0.1) is 0 Å². The van der Waals surface area contributed by atoms with Crippen LogP contribution in [0.3, 0.4) is 0 Å². The van der Waals surface area contributed by atoms with E-state index in [1.807, 2.05) is 37.3 Å². The fourth-order valence-electron chi connectivity index (χ4n) is 5.19. The van der Waals surface area contributed by atoms with Crippen LogP contribution in [-0.2, 0) is 26.0 Å². The van der Waals surface area contributed by atoms with Crippen LogP contribution in [0.2, 0.25) is 0 Å². The van der Waals surface area contributed by atoms with Crippen molar-refractivity contribution in [2.24, 2.45) is 5.92 Å². The number of benzene rings is 2. The summed E-state index contributed by atoms with van der Waals surface area (Å²) in [6, 6.07) is 15.2. The summed E-state index contributed by atoms with van der Waals surface area (Å²) in [5, 5.41) is 0. The summed E-state index contributed by atoms with van der Waals surface area (Å²) in [4.78, 5) is 12.1. The van der Waals surface area contributed by atoms with E-state index in [9.17, 15) is 13.2 Å². The number of carbonyl (C=O) groups is 1. The first-order valence-corrected chi connectivity index (χ1v) is 12.6. The van der Waals surface area contributed by atoms with Crippen molar-refractivity contribution in [1.29, 1.82) is 0 Å². The van der Waals surface area contributed by atoms with Crippen LogP contribution in [0.1, 0.15) is 54.7 Å². The van der Waals surface area contributed by atoms with E-state index in [-0.39, 0.29) is 24.3 Å². The number of ether oxygens (including phenoxy) is 1. The van der Waals surface area contributed by atoms with Crippen molar-refractivity contribution in [1.82, 2.24) is 4.31 Å². The highest BCUT2D eigenvalue weighted by Gasteiger charge is 2.43. The molecule has 1 aliphatic carbocycles. The summed E-state index contributed by atoms with van der Waals surface area (Å²) in [6.07, 6.45) is 5.48. The van der Waals surface area contributed by atoms with Gasteiger partial charge in [0, 0.05) is 12.6 Å². The van der Waals surface area contributed by atoms with E-state index in [1.54, 1.807) is 16.4 Å². The quantitative estimate of drug-likeness (QED) is 0.643. The zero-order valence-electron chi connectivity index (χ0n) is 18.3. The van der Waals surface area contributed by atoms with Crippen molar-refractivity contribution in [3.05, 3.63) is 65.2 Å². The molecule has 0 spiro atoms. The molecule has 0 radical (unpaired) electrons. The molecule has 5 nitrogen and oxygen atoms in total. The zero-order valence-corrected chi connectivity index (χ0v) is 19.1. The fraction of sp³-hybridized carbons (Fsp3) is 0.480. The maximum Gasteiger partial charge on any atom is 0.309 e. The molecule has 1 aliphatic heterocycles. The molecule has 1 saturated heterocycles. The number of fused-ring (bicyclic) bond motifs is 1. The molecule has 0 amide bonds. The number of rotatable bonds is 5. The SMILES string of the molecule is COC(=O)Cc1cccc(C2CC3CCCCC3N(S(=O)(=O)c3ccc(C)cc3)C2)c1. The van der Waals surface area contributed by atoms with Gasteiger partial charge in [0.1, 0.15) is 0 Å². The minimum Gasteiger partial charge on any atom is -0.469 e. The predicted molar refractivity (Wildman–Crippen MR) is 120 cm³/mol. The van der Waals surface area contributed by atoms with E-state index >= 15 is 0 Å². The molecule has 1 heterocycles. The van der Waals surface area contributed by atoms with Crippen LogP contribution in [0.5, 0.6) is 0 Å². The van der Waals surface area contributed by atoms with Crippen molar-refractivity contribution < 1.29 is 17.9 Å². The second-order valence-corrected chi connectivity index (χ2v) is 10.8. The maximum atomic E-state index is 13.6. The number of piperidine rings is 1. The average Bonchev–Trinajstić information content (AvgIpc) is 2.78. The smallest absolute Gasteiger partial charge is 0.309 e. The van der Waals surface area contributed by atoms with Gasteiger partial charge in [-0.3, -0.25) is 4.79 Å². The summed E-state index contributed by atoms with van der Waals surface area (Å²) in [7, 11) is -2.17. The molecule has 0 bridgehead atoms. The summed E-state index contributed by atoms with van der Waals surface area (Å²) in [5.41, 5.74) is 3.06. The zero-order chi connectivity index (χ0) is 22.0. The lowest BCUT2D eigenvalue weighted by Crippen LogP contribution is -2.51. The molecule has 3 atom stereocenters. The Balaban J connectivity index is 1.65. The van der Waals surface area contributed by atoms with Crippen molar-refractivity contribution in [3.63, 3.8) is 0 Å². The molecule has 6 heteroatoms. The molecule has 166 valence electrons. The lowest BCUT2D eigenvalue weighted by atomic mass is 9.74. The predicted octanol–water partition coefficient (Wildman–Crippen LogP) is 4.45. The fourth-order valence-corrected chi connectivity index (χ4v) is 6.96. The highest BCUT2D eigenvalue weighted by Crippen LogP contribution is 2.43. The van der Waals surface area contributed by atoms with Gasteiger partial charge in [-0.2, -0.15) is 4.31 Å². The summed E-state index contributed by atoms with van der Waals surface area (Å²) in [6.45, 7) is 2.45. The highest BCUT2D eigenvalue weighted by atomic mass is 32.2. The molecule has 2 aromatic rings. The van der Waals surface area contributed by atoms with Crippen molar-refractivity contribution in [2.75, 3.05) is 13.7 Å². The number of nitrogens with zero attached hydrogens (tertiary/aromatic N) is 1. The topological polar surface area (TPSA) is 63.7 Å². The minimum atomic E-state index is -3.56. The Bertz CT molecular complexity index is 1030. The number of sulfonamides is 1. The molecule has 3 unspecified atom stereocenters. The Morgan fingerprint density at radius 2 is 1.84 bits per heavy atom. The van der Waals surface area contributed by atoms with Crippen LogP contribution >= 0.6 is 0 Å². The first-order valence-electron chi connectivity index (χ1n) is 11.1. The highest BCUT2D eigenvalue weighted by molar-refractivity contribution is 7.89. The Morgan fingerprint density at radius 1 is 1.10 bits per heavy atom. The van der Waals surface area contributed by atoms with Gasteiger partial charge in [-0.25, -0.2) is 8.42 Å². The van der Waals surface area contributed by atoms with Crippen LogP contribution in [0, 0.1) is 12.8 Å². The second kappa shape index (κ2) is 9.13. The van der Waals surface area contributed by atoms with Gasteiger partial charge in [-0.1, -0.05) is 54.8 Å².